The summed E-state index contributed by atoms with van der Waals surface area (Å²) in [6.07, 6.45) is 0.326. The smallest absolute Gasteiger partial charge is 0.244 e. The minimum atomic E-state index is -0.217. The molecule has 0 atom stereocenters. The van der Waals surface area contributed by atoms with Gasteiger partial charge in [0.25, 0.3) is 0 Å². The lowest BCUT2D eigenvalue weighted by atomic mass is 10.0. The fourth-order valence-electron chi connectivity index (χ4n) is 3.14. The van der Waals surface area contributed by atoms with E-state index in [0.29, 0.717) is 5.71 Å². The zero-order chi connectivity index (χ0) is 21.5. The Kier molecular flexibility index (Phi) is 6.80. The van der Waals surface area contributed by atoms with Crippen LogP contribution in [0.4, 0.5) is 11.4 Å². The number of carbonyl (C=O) groups is 2. The highest BCUT2D eigenvalue weighted by Gasteiger charge is 2.08. The van der Waals surface area contributed by atoms with Gasteiger partial charge < -0.3 is 10.2 Å². The van der Waals surface area contributed by atoms with Crippen molar-refractivity contribution in [1.82, 2.24) is 5.43 Å². The molecule has 0 unspecified atom stereocenters. The molecule has 0 bridgehead atoms. The molecule has 0 saturated carbocycles. The summed E-state index contributed by atoms with van der Waals surface area (Å²) in [4.78, 5) is 26.5. The first-order chi connectivity index (χ1) is 14.4. The first kappa shape index (κ1) is 21.0. The molecule has 0 radical (unpaired) electrons. The second-order valence-electron chi connectivity index (χ2n) is 7.36. The zero-order valence-electron chi connectivity index (χ0n) is 17.5. The number of hydrogen-bond acceptors (Lipinski definition) is 4. The fourth-order valence-corrected chi connectivity index (χ4v) is 3.14. The van der Waals surface area contributed by atoms with Crippen molar-refractivity contribution in [3.05, 3.63) is 72.3 Å². The highest BCUT2D eigenvalue weighted by molar-refractivity contribution is 6.05. The monoisotopic (exact) mass is 402 g/mol. The number of hydrazone groups is 1. The molecule has 0 aromatic heterocycles. The van der Waals surface area contributed by atoms with Gasteiger partial charge in [-0.1, -0.05) is 42.5 Å². The van der Waals surface area contributed by atoms with Crippen molar-refractivity contribution in [2.45, 2.75) is 19.8 Å². The predicted octanol–water partition coefficient (Wildman–Crippen LogP) is 3.97. The lowest BCUT2D eigenvalue weighted by Gasteiger charge is -2.13. The second kappa shape index (κ2) is 9.69. The summed E-state index contributed by atoms with van der Waals surface area (Å²) in [5.41, 5.74) is 5.80. The lowest BCUT2D eigenvalue weighted by molar-refractivity contribution is -0.120. The van der Waals surface area contributed by atoms with Crippen molar-refractivity contribution < 1.29 is 9.59 Å². The van der Waals surface area contributed by atoms with E-state index in [1.807, 2.05) is 85.7 Å². The van der Waals surface area contributed by atoms with Crippen molar-refractivity contribution in [3.8, 4) is 0 Å². The molecule has 0 spiro atoms. The van der Waals surface area contributed by atoms with Crippen LogP contribution in [0.3, 0.4) is 0 Å². The molecule has 0 aliphatic carbocycles. The van der Waals surface area contributed by atoms with Gasteiger partial charge in [-0.15, -0.1) is 0 Å². The van der Waals surface area contributed by atoms with Crippen LogP contribution < -0.4 is 15.6 Å². The van der Waals surface area contributed by atoms with Gasteiger partial charge in [-0.2, -0.15) is 5.10 Å². The van der Waals surface area contributed by atoms with Gasteiger partial charge in [0.2, 0.25) is 11.8 Å². The molecule has 6 nitrogen and oxygen atoms in total. The van der Waals surface area contributed by atoms with Crippen LogP contribution in [0, 0.1) is 0 Å². The Bertz CT molecular complexity index is 1070. The fraction of sp³-hybridized carbons (Fsp3) is 0.208. The van der Waals surface area contributed by atoms with Crippen LogP contribution in [0.2, 0.25) is 0 Å². The van der Waals surface area contributed by atoms with Gasteiger partial charge in [0.15, 0.2) is 0 Å². The van der Waals surface area contributed by atoms with Crippen LogP contribution in [0.25, 0.3) is 10.8 Å². The van der Waals surface area contributed by atoms with Crippen LogP contribution in [-0.2, 0) is 16.0 Å². The molecule has 2 N–H and O–H groups in total. The maximum absolute atomic E-state index is 12.3. The third kappa shape index (κ3) is 5.67. The lowest BCUT2D eigenvalue weighted by Crippen LogP contribution is -2.23. The van der Waals surface area contributed by atoms with Crippen LogP contribution in [0.1, 0.15) is 18.9 Å². The number of rotatable bonds is 7. The molecule has 0 aliphatic heterocycles. The summed E-state index contributed by atoms with van der Waals surface area (Å²) < 4.78 is 0. The van der Waals surface area contributed by atoms with E-state index >= 15 is 0 Å². The maximum atomic E-state index is 12.3. The summed E-state index contributed by atoms with van der Waals surface area (Å²) in [5.74, 6) is -0.400. The van der Waals surface area contributed by atoms with Gasteiger partial charge >= 0.3 is 0 Å². The third-order valence-corrected chi connectivity index (χ3v) is 4.69. The van der Waals surface area contributed by atoms with Gasteiger partial charge in [0.1, 0.15) is 0 Å². The minimum Gasteiger partial charge on any atom is -0.378 e. The van der Waals surface area contributed by atoms with E-state index in [9.17, 15) is 9.59 Å². The minimum absolute atomic E-state index is 0.101. The Hall–Kier alpha value is -3.67. The van der Waals surface area contributed by atoms with Gasteiger partial charge in [0, 0.05) is 31.2 Å². The van der Waals surface area contributed by atoms with E-state index in [2.05, 4.69) is 15.8 Å². The van der Waals surface area contributed by atoms with E-state index in [1.165, 1.54) is 0 Å². The molecule has 0 aliphatic rings. The molecule has 0 heterocycles. The van der Waals surface area contributed by atoms with E-state index < -0.39 is 0 Å². The SMILES string of the molecule is C/C(CC(=O)Nc1ccc(N(C)C)cc1)=N/NC(=O)Cc1cccc2ccccc12. The molecular weight excluding hydrogens is 376 g/mol. The topological polar surface area (TPSA) is 73.8 Å². The van der Waals surface area contributed by atoms with Gasteiger partial charge in [-0.3, -0.25) is 9.59 Å². The number of fused-ring (bicyclic) bond motifs is 1. The van der Waals surface area contributed by atoms with Crippen molar-refractivity contribution in [2.24, 2.45) is 5.10 Å². The largest absolute Gasteiger partial charge is 0.378 e. The second-order valence-corrected chi connectivity index (χ2v) is 7.36. The molecule has 0 saturated heterocycles. The van der Waals surface area contributed by atoms with Crippen LogP contribution in [0.5, 0.6) is 0 Å². The molecule has 2 amide bonds. The molecule has 0 fully saturated rings. The van der Waals surface area contributed by atoms with Crippen molar-refractivity contribution in [2.75, 3.05) is 24.3 Å². The number of hydrogen-bond donors (Lipinski definition) is 2. The van der Waals surface area contributed by atoms with Gasteiger partial charge in [-0.05, 0) is 47.5 Å². The Balaban J connectivity index is 1.52. The maximum Gasteiger partial charge on any atom is 0.244 e. The summed E-state index contributed by atoms with van der Waals surface area (Å²) in [6, 6.07) is 21.4. The summed E-state index contributed by atoms with van der Waals surface area (Å²) in [6.45, 7) is 1.72. The quantitative estimate of drug-likeness (QED) is 0.464. The van der Waals surface area contributed by atoms with Gasteiger partial charge in [-0.25, -0.2) is 5.43 Å². The van der Waals surface area contributed by atoms with Crippen LogP contribution in [0.15, 0.2) is 71.8 Å². The highest BCUT2D eigenvalue weighted by Crippen LogP contribution is 2.19. The van der Waals surface area contributed by atoms with E-state index in [1.54, 1.807) is 6.92 Å². The Morgan fingerprint density at radius 3 is 2.33 bits per heavy atom. The number of nitrogens with one attached hydrogen (secondary N) is 2. The molecule has 30 heavy (non-hydrogen) atoms. The Morgan fingerprint density at radius 2 is 1.60 bits per heavy atom. The summed E-state index contributed by atoms with van der Waals surface area (Å²) in [7, 11) is 3.92. The van der Waals surface area contributed by atoms with Crippen molar-refractivity contribution in [3.63, 3.8) is 0 Å². The molecule has 3 rings (SSSR count). The summed E-state index contributed by atoms with van der Waals surface area (Å²) in [5, 5.41) is 9.05. The molecular formula is C24H26N4O2. The van der Waals surface area contributed by atoms with Gasteiger partial charge in [0.05, 0.1) is 12.8 Å². The third-order valence-electron chi connectivity index (χ3n) is 4.69. The zero-order valence-corrected chi connectivity index (χ0v) is 17.5. The Labute approximate surface area is 176 Å². The number of anilines is 2. The molecule has 3 aromatic carbocycles. The molecule has 154 valence electrons. The van der Waals surface area contributed by atoms with E-state index in [4.69, 9.17) is 0 Å². The first-order valence-electron chi connectivity index (χ1n) is 9.78. The van der Waals surface area contributed by atoms with Crippen LogP contribution in [-0.4, -0.2) is 31.6 Å². The average Bonchev–Trinajstić information content (AvgIpc) is 2.73. The van der Waals surface area contributed by atoms with Crippen LogP contribution >= 0.6 is 0 Å². The highest BCUT2D eigenvalue weighted by atomic mass is 16.2. The standard InChI is InChI=1S/C24H26N4O2/c1-17(15-23(29)25-20-11-13-21(14-12-20)28(2)3)26-27-24(30)16-19-9-6-8-18-7-4-5-10-22(18)19/h4-14H,15-16H2,1-3H3,(H,25,29)(H,27,30)/b26-17-. The average molecular weight is 402 g/mol. The summed E-state index contributed by atoms with van der Waals surface area (Å²) >= 11 is 0. The number of nitrogens with zero attached hydrogens (tertiary/aromatic N) is 2. The van der Waals surface area contributed by atoms with E-state index in [0.717, 1.165) is 27.7 Å². The Morgan fingerprint density at radius 1 is 0.900 bits per heavy atom. The molecule has 6 heteroatoms. The van der Waals surface area contributed by atoms with E-state index in [-0.39, 0.29) is 24.7 Å². The predicted molar refractivity (Wildman–Crippen MR) is 123 cm³/mol. The first-order valence-corrected chi connectivity index (χ1v) is 9.78. The number of amides is 2. The normalized spacial score (nSPS) is 11.2. The molecule has 3 aromatic rings. The number of carbonyl (C=O) groups excluding carboxylic acids is 2. The van der Waals surface area contributed by atoms with Crippen molar-refractivity contribution in [1.29, 1.82) is 0 Å². The number of benzene rings is 3. The van der Waals surface area contributed by atoms with Crippen molar-refractivity contribution >= 4 is 39.7 Å².